The van der Waals surface area contributed by atoms with Crippen LogP contribution in [0.4, 0.5) is 0 Å². The summed E-state index contributed by atoms with van der Waals surface area (Å²) in [5.41, 5.74) is 0. The summed E-state index contributed by atoms with van der Waals surface area (Å²) in [6, 6.07) is 8.14. The fraction of sp³-hybridized carbons (Fsp3) is 0.308. The van der Waals surface area contributed by atoms with Gasteiger partial charge in [0.05, 0.1) is 18.0 Å². The fourth-order valence-corrected chi connectivity index (χ4v) is 2.71. The van der Waals surface area contributed by atoms with E-state index in [1.165, 1.54) is 12.1 Å². The molecule has 6 nitrogen and oxygen atoms in total. The average Bonchev–Trinajstić information content (AvgIpc) is 2.93. The lowest BCUT2D eigenvalue weighted by atomic mass is 10.3. The highest BCUT2D eigenvalue weighted by Crippen LogP contribution is 2.15. The lowest BCUT2D eigenvalue weighted by Gasteiger charge is -2.08. The Morgan fingerprint density at radius 1 is 1.30 bits per heavy atom. The van der Waals surface area contributed by atoms with Gasteiger partial charge in [0.2, 0.25) is 10.0 Å². The van der Waals surface area contributed by atoms with Gasteiger partial charge in [-0.15, -0.1) is 0 Å². The number of rotatable bonds is 7. The first kappa shape index (κ1) is 14.5. The van der Waals surface area contributed by atoms with Gasteiger partial charge in [-0.3, -0.25) is 4.68 Å². The molecule has 0 amide bonds. The van der Waals surface area contributed by atoms with Crippen molar-refractivity contribution in [2.24, 2.45) is 0 Å². The molecule has 0 unspecified atom stereocenters. The highest BCUT2D eigenvalue weighted by molar-refractivity contribution is 7.89. The summed E-state index contributed by atoms with van der Waals surface area (Å²) < 4.78 is 33.6. The Morgan fingerprint density at radius 2 is 2.05 bits per heavy atom. The van der Waals surface area contributed by atoms with E-state index in [4.69, 9.17) is 4.74 Å². The molecule has 2 rings (SSSR count). The molecule has 0 radical (unpaired) electrons. The second-order valence-corrected chi connectivity index (χ2v) is 5.84. The highest BCUT2D eigenvalue weighted by atomic mass is 32.2. The number of ether oxygens (including phenoxy) is 1. The van der Waals surface area contributed by atoms with Crippen LogP contribution in [0.15, 0.2) is 47.6 Å². The van der Waals surface area contributed by atoms with Crippen LogP contribution in [0.5, 0.6) is 5.75 Å². The van der Waals surface area contributed by atoms with Gasteiger partial charge in [-0.05, 0) is 37.3 Å². The molecular weight excluding hydrogens is 278 g/mol. The molecule has 108 valence electrons. The molecule has 1 aromatic carbocycles. The number of hydrogen-bond acceptors (Lipinski definition) is 4. The zero-order valence-corrected chi connectivity index (χ0v) is 12.0. The van der Waals surface area contributed by atoms with Crippen molar-refractivity contribution in [3.8, 4) is 5.75 Å². The van der Waals surface area contributed by atoms with Crippen molar-refractivity contribution in [3.63, 3.8) is 0 Å². The molecule has 1 N–H and O–H groups in total. The number of hydrogen-bond donors (Lipinski definition) is 1. The minimum absolute atomic E-state index is 0.224. The largest absolute Gasteiger partial charge is 0.494 e. The summed E-state index contributed by atoms with van der Waals surface area (Å²) in [4.78, 5) is 0.224. The van der Waals surface area contributed by atoms with Gasteiger partial charge < -0.3 is 4.74 Å². The van der Waals surface area contributed by atoms with Crippen molar-refractivity contribution in [1.29, 1.82) is 0 Å². The number of aromatic nitrogens is 2. The molecular formula is C13H17N3O3S. The third kappa shape index (κ3) is 3.82. The molecule has 0 aliphatic heterocycles. The van der Waals surface area contributed by atoms with Gasteiger partial charge in [-0.1, -0.05) is 0 Å². The Bertz CT molecular complexity index is 621. The molecule has 0 aliphatic rings. The Hall–Kier alpha value is -1.86. The third-order valence-electron chi connectivity index (χ3n) is 2.64. The maximum Gasteiger partial charge on any atom is 0.240 e. The number of benzene rings is 1. The Labute approximate surface area is 118 Å². The molecule has 0 bridgehead atoms. The van der Waals surface area contributed by atoms with Crippen LogP contribution in [0, 0.1) is 0 Å². The van der Waals surface area contributed by atoms with E-state index in [0.717, 1.165) is 0 Å². The van der Waals surface area contributed by atoms with E-state index >= 15 is 0 Å². The van der Waals surface area contributed by atoms with E-state index in [1.807, 2.05) is 6.92 Å². The van der Waals surface area contributed by atoms with Gasteiger partial charge in [0.15, 0.2) is 0 Å². The van der Waals surface area contributed by atoms with E-state index in [-0.39, 0.29) is 11.4 Å². The van der Waals surface area contributed by atoms with Crippen molar-refractivity contribution >= 4 is 10.0 Å². The van der Waals surface area contributed by atoms with Crippen LogP contribution in [-0.2, 0) is 16.6 Å². The monoisotopic (exact) mass is 295 g/mol. The van der Waals surface area contributed by atoms with Crippen molar-refractivity contribution in [2.45, 2.75) is 18.4 Å². The second-order valence-electron chi connectivity index (χ2n) is 4.07. The summed E-state index contributed by atoms with van der Waals surface area (Å²) in [5.74, 6) is 0.656. The normalized spacial score (nSPS) is 11.4. The van der Waals surface area contributed by atoms with E-state index < -0.39 is 10.0 Å². The summed E-state index contributed by atoms with van der Waals surface area (Å²) in [7, 11) is -3.49. The predicted molar refractivity (Wildman–Crippen MR) is 75.0 cm³/mol. The Kier molecular flexibility index (Phi) is 4.75. The van der Waals surface area contributed by atoms with Gasteiger partial charge in [0, 0.05) is 18.9 Å². The van der Waals surface area contributed by atoms with Crippen molar-refractivity contribution in [2.75, 3.05) is 13.2 Å². The predicted octanol–water partition coefficient (Wildman–Crippen LogP) is 1.26. The first-order valence-electron chi connectivity index (χ1n) is 6.32. The van der Waals surface area contributed by atoms with Gasteiger partial charge in [0.25, 0.3) is 0 Å². The number of sulfonamides is 1. The Balaban J connectivity index is 1.95. The van der Waals surface area contributed by atoms with Crippen LogP contribution in [0.25, 0.3) is 0 Å². The van der Waals surface area contributed by atoms with Gasteiger partial charge in [0.1, 0.15) is 5.75 Å². The van der Waals surface area contributed by atoms with Crippen LogP contribution in [0.2, 0.25) is 0 Å². The van der Waals surface area contributed by atoms with Crippen LogP contribution in [0.3, 0.4) is 0 Å². The lowest BCUT2D eigenvalue weighted by Crippen LogP contribution is -2.27. The van der Waals surface area contributed by atoms with E-state index in [2.05, 4.69) is 9.82 Å². The summed E-state index contributed by atoms with van der Waals surface area (Å²) in [5, 5.41) is 4.01. The number of nitrogens with one attached hydrogen (secondary N) is 1. The first-order chi connectivity index (χ1) is 9.62. The molecule has 0 saturated heterocycles. The smallest absolute Gasteiger partial charge is 0.240 e. The zero-order valence-electron chi connectivity index (χ0n) is 11.2. The summed E-state index contributed by atoms with van der Waals surface area (Å²) in [6.07, 6.45) is 3.44. The summed E-state index contributed by atoms with van der Waals surface area (Å²) >= 11 is 0. The van der Waals surface area contributed by atoms with Crippen molar-refractivity contribution in [1.82, 2.24) is 14.5 Å². The fourth-order valence-electron chi connectivity index (χ4n) is 1.69. The second kappa shape index (κ2) is 6.53. The highest BCUT2D eigenvalue weighted by Gasteiger charge is 2.13. The van der Waals surface area contributed by atoms with Crippen LogP contribution in [-0.4, -0.2) is 31.3 Å². The quantitative estimate of drug-likeness (QED) is 0.834. The maximum atomic E-state index is 12.0. The summed E-state index contributed by atoms with van der Waals surface area (Å²) in [6.45, 7) is 3.20. The molecule has 0 spiro atoms. The minimum atomic E-state index is -3.49. The SMILES string of the molecule is CCOc1ccc(S(=O)(=O)NCCn2cccn2)cc1. The molecule has 0 saturated carbocycles. The average molecular weight is 295 g/mol. The van der Waals surface area contributed by atoms with Crippen molar-refractivity contribution in [3.05, 3.63) is 42.7 Å². The van der Waals surface area contributed by atoms with Gasteiger partial charge in [-0.25, -0.2) is 13.1 Å². The molecule has 7 heteroatoms. The molecule has 0 aliphatic carbocycles. The first-order valence-corrected chi connectivity index (χ1v) is 7.80. The topological polar surface area (TPSA) is 73.2 Å². The minimum Gasteiger partial charge on any atom is -0.494 e. The molecule has 2 aromatic rings. The third-order valence-corrected chi connectivity index (χ3v) is 4.11. The van der Waals surface area contributed by atoms with Gasteiger partial charge >= 0.3 is 0 Å². The van der Waals surface area contributed by atoms with E-state index in [0.29, 0.717) is 18.9 Å². The van der Waals surface area contributed by atoms with Crippen LogP contribution >= 0.6 is 0 Å². The number of nitrogens with zero attached hydrogens (tertiary/aromatic N) is 2. The van der Waals surface area contributed by atoms with E-state index in [9.17, 15) is 8.42 Å². The van der Waals surface area contributed by atoms with E-state index in [1.54, 1.807) is 35.3 Å². The molecule has 0 fully saturated rings. The van der Waals surface area contributed by atoms with Crippen LogP contribution < -0.4 is 9.46 Å². The molecule has 1 aromatic heterocycles. The lowest BCUT2D eigenvalue weighted by molar-refractivity contribution is 0.340. The maximum absolute atomic E-state index is 12.0. The standard InChI is InChI=1S/C13H17N3O3S/c1-2-19-12-4-6-13(7-5-12)20(17,18)15-9-11-16-10-3-8-14-16/h3-8,10,15H,2,9,11H2,1H3. The molecule has 1 heterocycles. The van der Waals surface area contributed by atoms with Crippen molar-refractivity contribution < 1.29 is 13.2 Å². The zero-order chi connectivity index (χ0) is 14.4. The van der Waals surface area contributed by atoms with Gasteiger partial charge in [-0.2, -0.15) is 5.10 Å². The molecule has 0 atom stereocenters. The van der Waals surface area contributed by atoms with Crippen LogP contribution in [0.1, 0.15) is 6.92 Å². The molecule has 20 heavy (non-hydrogen) atoms. The Morgan fingerprint density at radius 3 is 2.65 bits per heavy atom.